The van der Waals surface area contributed by atoms with E-state index in [-0.39, 0.29) is 5.92 Å². The van der Waals surface area contributed by atoms with Gasteiger partial charge in [-0.3, -0.25) is 4.79 Å². The molecule has 34 heavy (non-hydrogen) atoms. The second-order valence-corrected chi connectivity index (χ2v) is 10.1. The predicted molar refractivity (Wildman–Crippen MR) is 138 cm³/mol. The number of benzene rings is 2. The van der Waals surface area contributed by atoms with Gasteiger partial charge in [-0.25, -0.2) is 0 Å². The van der Waals surface area contributed by atoms with Crippen LogP contribution in [0.4, 0.5) is 11.5 Å². The number of amides is 1. The Bertz CT molecular complexity index is 1070. The molecule has 1 amide bonds. The van der Waals surface area contributed by atoms with Gasteiger partial charge in [0.1, 0.15) is 5.03 Å². The van der Waals surface area contributed by atoms with Crippen molar-refractivity contribution in [1.82, 2.24) is 15.1 Å². The molecule has 3 aromatic rings. The van der Waals surface area contributed by atoms with Crippen LogP contribution in [0, 0.1) is 12.8 Å². The number of carbonyl (C=O) groups is 1. The summed E-state index contributed by atoms with van der Waals surface area (Å²) < 4.78 is 0. The average molecular weight is 474 g/mol. The molecular weight excluding hydrogens is 442 g/mol. The Morgan fingerprint density at radius 2 is 1.50 bits per heavy atom. The van der Waals surface area contributed by atoms with Gasteiger partial charge in [-0.1, -0.05) is 47.7 Å². The molecule has 0 saturated carbocycles. The topological polar surface area (TPSA) is 52.6 Å². The van der Waals surface area contributed by atoms with Crippen LogP contribution in [-0.4, -0.2) is 60.3 Å². The molecule has 0 atom stereocenters. The number of hydrogen-bond acceptors (Lipinski definition) is 6. The molecule has 2 aliphatic heterocycles. The molecule has 6 nitrogen and oxygen atoms in total. The highest BCUT2D eigenvalue weighted by molar-refractivity contribution is 7.99. The van der Waals surface area contributed by atoms with Crippen molar-refractivity contribution in [2.24, 2.45) is 5.92 Å². The van der Waals surface area contributed by atoms with Crippen LogP contribution in [0.5, 0.6) is 0 Å². The molecule has 0 N–H and O–H groups in total. The van der Waals surface area contributed by atoms with Gasteiger partial charge in [-0.15, -0.1) is 10.2 Å². The van der Waals surface area contributed by atoms with Crippen LogP contribution in [-0.2, 0) is 4.79 Å². The van der Waals surface area contributed by atoms with E-state index in [0.717, 1.165) is 67.8 Å². The predicted octanol–water partition coefficient (Wildman–Crippen LogP) is 4.50. The van der Waals surface area contributed by atoms with Crippen molar-refractivity contribution in [3.63, 3.8) is 0 Å². The quantitative estimate of drug-likeness (QED) is 0.544. The number of anilines is 2. The van der Waals surface area contributed by atoms with Gasteiger partial charge in [0.05, 0.1) is 0 Å². The maximum atomic E-state index is 13.1. The molecule has 176 valence electrons. The maximum Gasteiger partial charge on any atom is 0.225 e. The summed E-state index contributed by atoms with van der Waals surface area (Å²) in [6, 6.07) is 23.0. The summed E-state index contributed by atoms with van der Waals surface area (Å²) >= 11 is 1.62. The van der Waals surface area contributed by atoms with E-state index in [2.05, 4.69) is 86.4 Å². The number of aromatic nitrogens is 2. The van der Waals surface area contributed by atoms with Crippen LogP contribution in [0.1, 0.15) is 18.4 Å². The number of rotatable bonds is 5. The van der Waals surface area contributed by atoms with Crippen LogP contribution in [0.3, 0.4) is 0 Å². The molecular formula is C27H31N5OS. The summed E-state index contributed by atoms with van der Waals surface area (Å²) in [5, 5.41) is 9.79. The SMILES string of the molecule is Cc1ccc(Sc2ccc(N3CCC(C(=O)N4CCN(c5ccccc5)CC4)CC3)nn2)cc1. The molecule has 0 spiro atoms. The summed E-state index contributed by atoms with van der Waals surface area (Å²) in [6.07, 6.45) is 1.75. The largest absolute Gasteiger partial charge is 0.368 e. The molecule has 0 aliphatic carbocycles. The molecule has 2 aliphatic rings. The van der Waals surface area contributed by atoms with E-state index in [4.69, 9.17) is 0 Å². The fourth-order valence-corrected chi connectivity index (χ4v) is 5.43. The smallest absolute Gasteiger partial charge is 0.225 e. The molecule has 3 heterocycles. The highest BCUT2D eigenvalue weighted by Gasteiger charge is 2.31. The van der Waals surface area contributed by atoms with Crippen molar-refractivity contribution in [2.45, 2.75) is 29.7 Å². The van der Waals surface area contributed by atoms with Gasteiger partial charge in [0.2, 0.25) is 5.91 Å². The molecule has 2 saturated heterocycles. The van der Waals surface area contributed by atoms with Crippen molar-refractivity contribution in [1.29, 1.82) is 0 Å². The van der Waals surface area contributed by atoms with Gasteiger partial charge in [0.25, 0.3) is 0 Å². The summed E-state index contributed by atoms with van der Waals surface area (Å²) in [6.45, 7) is 7.19. The number of piperazine rings is 1. The first-order valence-corrected chi connectivity index (χ1v) is 12.9. The molecule has 0 bridgehead atoms. The lowest BCUT2D eigenvalue weighted by Crippen LogP contribution is -2.51. The minimum absolute atomic E-state index is 0.115. The first kappa shape index (κ1) is 22.7. The average Bonchev–Trinajstić information content (AvgIpc) is 2.91. The van der Waals surface area contributed by atoms with Crippen molar-refractivity contribution in [3.05, 3.63) is 72.3 Å². The van der Waals surface area contributed by atoms with Gasteiger partial charge in [0.15, 0.2) is 5.82 Å². The Morgan fingerprint density at radius 3 is 2.15 bits per heavy atom. The van der Waals surface area contributed by atoms with Crippen LogP contribution in [0.2, 0.25) is 0 Å². The van der Waals surface area contributed by atoms with E-state index in [1.54, 1.807) is 11.8 Å². The Hall–Kier alpha value is -3.06. The fraction of sp³-hybridized carbons (Fsp3) is 0.370. The van der Waals surface area contributed by atoms with Gasteiger partial charge in [-0.05, 0) is 56.2 Å². The third-order valence-corrected chi connectivity index (χ3v) is 7.69. The molecule has 1 aromatic heterocycles. The number of carbonyl (C=O) groups excluding carboxylic acids is 1. The molecule has 0 unspecified atom stereocenters. The normalized spacial score (nSPS) is 17.1. The van der Waals surface area contributed by atoms with E-state index in [1.807, 2.05) is 12.1 Å². The van der Waals surface area contributed by atoms with E-state index >= 15 is 0 Å². The highest BCUT2D eigenvalue weighted by atomic mass is 32.2. The molecule has 2 aromatic carbocycles. The highest BCUT2D eigenvalue weighted by Crippen LogP contribution is 2.28. The van der Waals surface area contributed by atoms with Crippen molar-refractivity contribution in [2.75, 3.05) is 49.1 Å². The summed E-state index contributed by atoms with van der Waals surface area (Å²) in [5.41, 5.74) is 2.49. The summed E-state index contributed by atoms with van der Waals surface area (Å²) in [7, 11) is 0. The number of nitrogens with zero attached hydrogens (tertiary/aromatic N) is 5. The lowest BCUT2D eigenvalue weighted by molar-refractivity contribution is -0.136. The Balaban J connectivity index is 1.10. The molecule has 0 radical (unpaired) electrons. The Labute approximate surface area is 206 Å². The van der Waals surface area contributed by atoms with Gasteiger partial charge in [-0.2, -0.15) is 0 Å². The zero-order chi connectivity index (χ0) is 23.3. The lowest BCUT2D eigenvalue weighted by atomic mass is 9.95. The van der Waals surface area contributed by atoms with Crippen molar-refractivity contribution < 1.29 is 4.79 Å². The van der Waals surface area contributed by atoms with Gasteiger partial charge in [0, 0.05) is 55.8 Å². The standard InChI is InChI=1S/C27H31N5OS/c1-21-7-9-24(10-8-21)34-26-12-11-25(28-29-26)31-15-13-22(14-16-31)27(33)32-19-17-30(18-20-32)23-5-3-2-4-6-23/h2-12,22H,13-20H2,1H3. The van der Waals surface area contributed by atoms with Gasteiger partial charge >= 0.3 is 0 Å². The van der Waals surface area contributed by atoms with Gasteiger partial charge < -0.3 is 14.7 Å². The van der Waals surface area contributed by atoms with E-state index in [0.29, 0.717) is 5.91 Å². The second kappa shape index (κ2) is 10.5. The van der Waals surface area contributed by atoms with Crippen LogP contribution in [0.25, 0.3) is 0 Å². The third-order valence-electron chi connectivity index (χ3n) is 6.75. The molecule has 7 heteroatoms. The van der Waals surface area contributed by atoms with E-state index in [9.17, 15) is 4.79 Å². The van der Waals surface area contributed by atoms with Crippen LogP contribution < -0.4 is 9.80 Å². The Morgan fingerprint density at radius 1 is 0.794 bits per heavy atom. The third kappa shape index (κ3) is 5.36. The van der Waals surface area contributed by atoms with Crippen LogP contribution in [0.15, 0.2) is 76.7 Å². The van der Waals surface area contributed by atoms with Crippen molar-refractivity contribution in [3.8, 4) is 0 Å². The molecule has 5 rings (SSSR count). The first-order valence-electron chi connectivity index (χ1n) is 12.1. The minimum Gasteiger partial charge on any atom is -0.368 e. The van der Waals surface area contributed by atoms with Crippen molar-refractivity contribution >= 4 is 29.2 Å². The number of para-hydroxylation sites is 1. The van der Waals surface area contributed by atoms with Crippen LogP contribution >= 0.6 is 11.8 Å². The monoisotopic (exact) mass is 473 g/mol. The zero-order valence-corrected chi connectivity index (χ0v) is 20.5. The number of hydrogen-bond donors (Lipinski definition) is 0. The summed E-state index contributed by atoms with van der Waals surface area (Å²) in [5.74, 6) is 1.34. The fourth-order valence-electron chi connectivity index (χ4n) is 4.70. The lowest BCUT2D eigenvalue weighted by Gasteiger charge is -2.39. The first-order chi connectivity index (χ1) is 16.7. The second-order valence-electron chi connectivity index (χ2n) is 9.05. The zero-order valence-electron chi connectivity index (χ0n) is 19.6. The van der Waals surface area contributed by atoms with E-state index < -0.39 is 0 Å². The van der Waals surface area contributed by atoms with E-state index in [1.165, 1.54) is 11.3 Å². The number of piperidine rings is 1. The summed E-state index contributed by atoms with van der Waals surface area (Å²) in [4.78, 5) is 21.0. The Kier molecular flexibility index (Phi) is 7.00. The molecule has 2 fully saturated rings. The minimum atomic E-state index is 0.115. The maximum absolute atomic E-state index is 13.1. The number of aryl methyl sites for hydroxylation is 1.